The summed E-state index contributed by atoms with van der Waals surface area (Å²) >= 11 is 0. The molecule has 0 rings (SSSR count). The SMILES string of the molecule is CC(C)(C)C=CP. The van der Waals surface area contributed by atoms with Crippen molar-refractivity contribution in [1.82, 2.24) is 0 Å². The predicted octanol–water partition coefficient (Wildman–Crippen LogP) is 2.42. The fourth-order valence-corrected chi connectivity index (χ4v) is 0.866. The van der Waals surface area contributed by atoms with Gasteiger partial charge < -0.3 is 0 Å². The highest BCUT2D eigenvalue weighted by Gasteiger charge is 2.00. The van der Waals surface area contributed by atoms with E-state index in [-0.39, 0.29) is 0 Å². The minimum absolute atomic E-state index is 0.349. The molecule has 0 aromatic heterocycles. The van der Waals surface area contributed by atoms with E-state index in [1.165, 1.54) is 0 Å². The molecule has 0 aliphatic heterocycles. The van der Waals surface area contributed by atoms with E-state index in [4.69, 9.17) is 0 Å². The molecular weight excluding hydrogens is 103 g/mol. The van der Waals surface area contributed by atoms with Crippen LogP contribution in [-0.4, -0.2) is 0 Å². The molecule has 0 radical (unpaired) electrons. The molecule has 1 unspecified atom stereocenters. The lowest BCUT2D eigenvalue weighted by molar-refractivity contribution is 0.545. The van der Waals surface area contributed by atoms with Crippen LogP contribution >= 0.6 is 9.24 Å². The van der Waals surface area contributed by atoms with E-state index in [1.807, 2.05) is 5.82 Å². The van der Waals surface area contributed by atoms with Crippen LogP contribution in [0.1, 0.15) is 20.8 Å². The molecule has 0 fully saturated rings. The molecule has 0 saturated carbocycles. The first-order valence-electron chi connectivity index (χ1n) is 2.46. The smallest absolute Gasteiger partial charge is 0.0200 e. The second kappa shape index (κ2) is 2.47. The molecule has 0 bridgehead atoms. The third-order valence-corrected chi connectivity index (χ3v) is 0.789. The maximum absolute atomic E-state index is 2.56. The van der Waals surface area contributed by atoms with Crippen molar-refractivity contribution in [2.75, 3.05) is 0 Å². The number of hydrogen-bond acceptors (Lipinski definition) is 0. The Hall–Kier alpha value is 0.170. The maximum atomic E-state index is 2.56. The van der Waals surface area contributed by atoms with Crippen molar-refractivity contribution in [3.05, 3.63) is 11.9 Å². The van der Waals surface area contributed by atoms with Gasteiger partial charge in [0.2, 0.25) is 0 Å². The summed E-state index contributed by atoms with van der Waals surface area (Å²) < 4.78 is 0. The van der Waals surface area contributed by atoms with Crippen LogP contribution in [0.4, 0.5) is 0 Å². The van der Waals surface area contributed by atoms with E-state index in [0.29, 0.717) is 5.41 Å². The molecule has 0 saturated heterocycles. The summed E-state index contributed by atoms with van der Waals surface area (Å²) in [6.45, 7) is 6.52. The van der Waals surface area contributed by atoms with E-state index >= 15 is 0 Å². The normalized spacial score (nSPS) is 13.1. The highest BCUT2D eigenvalue weighted by molar-refractivity contribution is 7.20. The third-order valence-electron chi connectivity index (χ3n) is 0.596. The van der Waals surface area contributed by atoms with Crippen molar-refractivity contribution < 1.29 is 0 Å². The quantitative estimate of drug-likeness (QED) is 0.426. The van der Waals surface area contributed by atoms with Gasteiger partial charge in [-0.15, -0.1) is 9.24 Å². The molecule has 0 aliphatic rings. The van der Waals surface area contributed by atoms with Crippen LogP contribution in [0, 0.1) is 5.41 Å². The molecule has 0 aromatic carbocycles. The first kappa shape index (κ1) is 7.17. The minimum Gasteiger partial charge on any atom is -0.114 e. The first-order valence-corrected chi connectivity index (χ1v) is 3.12. The monoisotopic (exact) mass is 116 g/mol. The summed E-state index contributed by atoms with van der Waals surface area (Å²) in [4.78, 5) is 0. The van der Waals surface area contributed by atoms with Crippen LogP contribution in [0.3, 0.4) is 0 Å². The van der Waals surface area contributed by atoms with Crippen molar-refractivity contribution in [2.24, 2.45) is 5.41 Å². The van der Waals surface area contributed by atoms with Crippen LogP contribution in [0.5, 0.6) is 0 Å². The Balaban J connectivity index is 3.56. The number of allylic oxidation sites excluding steroid dienone is 1. The molecule has 1 heteroatoms. The highest BCUT2D eigenvalue weighted by atomic mass is 31.0. The average Bonchev–Trinajstić information content (AvgIpc) is 1.30. The zero-order valence-corrected chi connectivity index (χ0v) is 6.39. The maximum Gasteiger partial charge on any atom is -0.0200 e. The Morgan fingerprint density at radius 2 is 1.71 bits per heavy atom. The summed E-state index contributed by atoms with van der Waals surface area (Å²) in [5.41, 5.74) is 0.349. The Kier molecular flexibility index (Phi) is 2.53. The largest absolute Gasteiger partial charge is 0.114 e. The van der Waals surface area contributed by atoms with Gasteiger partial charge in [0, 0.05) is 0 Å². The van der Waals surface area contributed by atoms with Gasteiger partial charge in [0.15, 0.2) is 0 Å². The molecule has 0 amide bonds. The topological polar surface area (TPSA) is 0 Å². The van der Waals surface area contributed by atoms with Crippen molar-refractivity contribution >= 4 is 9.24 Å². The van der Waals surface area contributed by atoms with E-state index < -0.39 is 0 Å². The second-order valence-corrected chi connectivity index (χ2v) is 3.11. The van der Waals surface area contributed by atoms with E-state index in [0.717, 1.165) is 0 Å². The van der Waals surface area contributed by atoms with Crippen molar-refractivity contribution in [3.8, 4) is 0 Å². The average molecular weight is 116 g/mol. The fraction of sp³-hybridized carbons (Fsp3) is 0.667. The second-order valence-electron chi connectivity index (χ2n) is 2.73. The van der Waals surface area contributed by atoms with Crippen LogP contribution in [0.25, 0.3) is 0 Å². The van der Waals surface area contributed by atoms with Gasteiger partial charge in [0.05, 0.1) is 0 Å². The van der Waals surface area contributed by atoms with Gasteiger partial charge in [-0.3, -0.25) is 0 Å². The summed E-state index contributed by atoms with van der Waals surface area (Å²) in [5, 5.41) is 0. The molecule has 0 aliphatic carbocycles. The minimum atomic E-state index is 0.349. The molecular formula is C6H13P. The van der Waals surface area contributed by atoms with Crippen molar-refractivity contribution in [3.63, 3.8) is 0 Å². The lowest BCUT2D eigenvalue weighted by Crippen LogP contribution is -1.96. The molecule has 0 N–H and O–H groups in total. The summed E-state index contributed by atoms with van der Waals surface area (Å²) in [7, 11) is 2.56. The molecule has 0 nitrogen and oxygen atoms in total. The molecule has 1 atom stereocenters. The highest BCUT2D eigenvalue weighted by Crippen LogP contribution is 2.14. The van der Waals surface area contributed by atoms with Crippen LogP contribution in [-0.2, 0) is 0 Å². The number of hydrogen-bond donors (Lipinski definition) is 0. The lowest BCUT2D eigenvalue weighted by Gasteiger charge is -2.09. The van der Waals surface area contributed by atoms with Gasteiger partial charge >= 0.3 is 0 Å². The van der Waals surface area contributed by atoms with Gasteiger partial charge in [0.25, 0.3) is 0 Å². The summed E-state index contributed by atoms with van der Waals surface area (Å²) in [6, 6.07) is 0. The fourth-order valence-electron chi connectivity index (χ4n) is 0.289. The zero-order chi connectivity index (χ0) is 5.91. The van der Waals surface area contributed by atoms with Gasteiger partial charge in [-0.2, -0.15) is 0 Å². The Labute approximate surface area is 48.2 Å². The Bertz CT molecular complexity index is 66.7. The van der Waals surface area contributed by atoms with Gasteiger partial charge in [-0.1, -0.05) is 32.7 Å². The van der Waals surface area contributed by atoms with E-state index in [1.54, 1.807) is 0 Å². The third kappa shape index (κ3) is 6.17. The van der Waals surface area contributed by atoms with Crippen LogP contribution in [0.2, 0.25) is 0 Å². The predicted molar refractivity (Wildman–Crippen MR) is 38.3 cm³/mol. The lowest BCUT2D eigenvalue weighted by atomic mass is 9.98. The molecule has 0 aromatic rings. The Morgan fingerprint density at radius 3 is 1.71 bits per heavy atom. The molecule has 0 heterocycles. The molecule has 42 valence electrons. The van der Waals surface area contributed by atoms with Gasteiger partial charge in [-0.05, 0) is 5.41 Å². The summed E-state index contributed by atoms with van der Waals surface area (Å²) in [6.07, 6.45) is 2.15. The molecule has 0 spiro atoms. The molecule has 7 heavy (non-hydrogen) atoms. The van der Waals surface area contributed by atoms with E-state index in [9.17, 15) is 0 Å². The number of rotatable bonds is 0. The zero-order valence-electron chi connectivity index (χ0n) is 5.23. The Morgan fingerprint density at radius 1 is 1.29 bits per heavy atom. The first-order chi connectivity index (χ1) is 3.06. The van der Waals surface area contributed by atoms with Crippen LogP contribution < -0.4 is 0 Å². The van der Waals surface area contributed by atoms with Crippen molar-refractivity contribution in [1.29, 1.82) is 0 Å². The van der Waals surface area contributed by atoms with Crippen molar-refractivity contribution in [2.45, 2.75) is 20.8 Å². The van der Waals surface area contributed by atoms with Crippen LogP contribution in [0.15, 0.2) is 11.9 Å². The van der Waals surface area contributed by atoms with Gasteiger partial charge in [0.1, 0.15) is 0 Å². The standard InChI is InChI=1S/C6H13P/c1-6(2,3)4-5-7/h4-5H,7H2,1-3H3. The summed E-state index contributed by atoms with van der Waals surface area (Å²) in [5.74, 6) is 2.00. The van der Waals surface area contributed by atoms with Gasteiger partial charge in [-0.25, -0.2) is 0 Å². The van der Waals surface area contributed by atoms with E-state index in [2.05, 4.69) is 36.1 Å².